The molecule has 1 aliphatic heterocycles. The minimum atomic E-state index is -0.813. The third-order valence-corrected chi connectivity index (χ3v) is 6.83. The van der Waals surface area contributed by atoms with Gasteiger partial charge in [-0.15, -0.1) is 0 Å². The fourth-order valence-electron chi connectivity index (χ4n) is 4.20. The first-order valence-electron chi connectivity index (χ1n) is 11.2. The smallest absolute Gasteiger partial charge is 0.243 e. The topological polar surface area (TPSA) is 110 Å². The van der Waals surface area contributed by atoms with Gasteiger partial charge in [0, 0.05) is 13.5 Å². The number of likely N-dealkylation sites (tertiary alicyclic amines) is 1. The zero-order chi connectivity index (χ0) is 22.8. The molecule has 1 saturated carbocycles. The number of amides is 2. The van der Waals surface area contributed by atoms with Crippen LogP contribution in [-0.4, -0.2) is 53.0 Å². The SMILES string of the molecule is CC(=O)C(=O)C(CC1CCC1)NC(=O)[C@@H]1C[C@@H](C(C)C)CN1C(=O)[C@@H](N)C(C)(C)C. The molecule has 170 valence electrons. The van der Waals surface area contributed by atoms with Gasteiger partial charge in [-0.25, -0.2) is 0 Å². The normalized spacial score (nSPS) is 24.3. The van der Waals surface area contributed by atoms with Crippen LogP contribution in [0.5, 0.6) is 0 Å². The molecule has 0 radical (unpaired) electrons. The molecule has 0 bridgehead atoms. The van der Waals surface area contributed by atoms with Gasteiger partial charge in [-0.1, -0.05) is 53.9 Å². The molecule has 1 heterocycles. The highest BCUT2D eigenvalue weighted by Gasteiger charge is 2.44. The first kappa shape index (κ1) is 24.5. The number of hydrogen-bond acceptors (Lipinski definition) is 5. The molecule has 0 aromatic heterocycles. The molecule has 7 nitrogen and oxygen atoms in total. The second-order valence-electron chi connectivity index (χ2n) is 10.6. The van der Waals surface area contributed by atoms with Crippen LogP contribution in [0.25, 0.3) is 0 Å². The summed E-state index contributed by atoms with van der Waals surface area (Å²) in [6.45, 7) is 11.6. The summed E-state index contributed by atoms with van der Waals surface area (Å²) in [4.78, 5) is 52.1. The van der Waals surface area contributed by atoms with Crippen LogP contribution in [0, 0.1) is 23.2 Å². The van der Waals surface area contributed by atoms with E-state index in [-0.39, 0.29) is 17.7 Å². The lowest BCUT2D eigenvalue weighted by molar-refractivity contribution is -0.143. The Morgan fingerprint density at radius 2 is 1.73 bits per heavy atom. The largest absolute Gasteiger partial charge is 0.344 e. The van der Waals surface area contributed by atoms with Crippen LogP contribution < -0.4 is 11.1 Å². The summed E-state index contributed by atoms with van der Waals surface area (Å²) < 4.78 is 0. The van der Waals surface area contributed by atoms with E-state index in [0.29, 0.717) is 31.2 Å². The van der Waals surface area contributed by atoms with E-state index >= 15 is 0 Å². The monoisotopic (exact) mass is 421 g/mol. The number of nitrogens with one attached hydrogen (secondary N) is 1. The second-order valence-corrected chi connectivity index (χ2v) is 10.6. The lowest BCUT2D eigenvalue weighted by Gasteiger charge is -2.34. The van der Waals surface area contributed by atoms with Gasteiger partial charge in [0.25, 0.3) is 0 Å². The number of carbonyl (C=O) groups excluding carboxylic acids is 4. The molecular formula is C23H39N3O4. The minimum Gasteiger partial charge on any atom is -0.344 e. The highest BCUT2D eigenvalue weighted by Crippen LogP contribution is 2.33. The van der Waals surface area contributed by atoms with E-state index in [4.69, 9.17) is 5.73 Å². The third-order valence-electron chi connectivity index (χ3n) is 6.83. The summed E-state index contributed by atoms with van der Waals surface area (Å²) in [6, 6.07) is -2.20. The molecule has 0 spiro atoms. The summed E-state index contributed by atoms with van der Waals surface area (Å²) in [5.41, 5.74) is 5.79. The fraction of sp³-hybridized carbons (Fsp3) is 0.826. The Morgan fingerprint density at radius 1 is 1.13 bits per heavy atom. The van der Waals surface area contributed by atoms with Crippen molar-refractivity contribution in [1.82, 2.24) is 10.2 Å². The molecule has 3 N–H and O–H groups in total. The Balaban J connectivity index is 2.20. The first-order chi connectivity index (χ1) is 13.8. The van der Waals surface area contributed by atoms with Gasteiger partial charge in [-0.05, 0) is 36.0 Å². The van der Waals surface area contributed by atoms with Gasteiger partial charge in [0.2, 0.25) is 17.6 Å². The molecule has 4 atom stereocenters. The highest BCUT2D eigenvalue weighted by atomic mass is 16.2. The predicted molar refractivity (Wildman–Crippen MR) is 115 cm³/mol. The zero-order valence-electron chi connectivity index (χ0n) is 19.4. The Hall–Kier alpha value is -1.76. The summed E-state index contributed by atoms with van der Waals surface area (Å²) >= 11 is 0. The number of nitrogens with zero attached hydrogens (tertiary/aromatic N) is 1. The summed E-state index contributed by atoms with van der Waals surface area (Å²) in [5.74, 6) is -0.839. The molecule has 2 fully saturated rings. The van der Waals surface area contributed by atoms with Gasteiger partial charge < -0.3 is 16.0 Å². The molecule has 7 heteroatoms. The highest BCUT2D eigenvalue weighted by molar-refractivity contribution is 6.38. The van der Waals surface area contributed by atoms with E-state index in [9.17, 15) is 19.2 Å². The number of rotatable bonds is 8. The first-order valence-corrected chi connectivity index (χ1v) is 11.2. The molecule has 2 rings (SSSR count). The average Bonchev–Trinajstić information content (AvgIpc) is 3.06. The van der Waals surface area contributed by atoms with Crippen LogP contribution in [0.3, 0.4) is 0 Å². The van der Waals surface area contributed by atoms with Crippen molar-refractivity contribution in [3.05, 3.63) is 0 Å². The predicted octanol–water partition coefficient (Wildman–Crippen LogP) is 2.07. The quantitative estimate of drug-likeness (QED) is 0.583. The molecule has 1 saturated heterocycles. The minimum absolute atomic E-state index is 0.186. The van der Waals surface area contributed by atoms with Gasteiger partial charge in [0.1, 0.15) is 6.04 Å². The fourth-order valence-corrected chi connectivity index (χ4v) is 4.20. The van der Waals surface area contributed by atoms with Crippen LogP contribution >= 0.6 is 0 Å². The Morgan fingerprint density at radius 3 is 2.17 bits per heavy atom. The number of carbonyl (C=O) groups is 4. The lowest BCUT2D eigenvalue weighted by atomic mass is 9.80. The van der Waals surface area contributed by atoms with E-state index in [1.54, 1.807) is 4.90 Å². The van der Waals surface area contributed by atoms with Gasteiger partial charge in [0.05, 0.1) is 12.1 Å². The van der Waals surface area contributed by atoms with Crippen molar-refractivity contribution in [3.63, 3.8) is 0 Å². The van der Waals surface area contributed by atoms with Crippen molar-refractivity contribution in [2.24, 2.45) is 28.9 Å². The van der Waals surface area contributed by atoms with Crippen LogP contribution in [0.15, 0.2) is 0 Å². The number of nitrogens with two attached hydrogens (primary N) is 1. The average molecular weight is 422 g/mol. The van der Waals surface area contributed by atoms with E-state index in [1.807, 2.05) is 20.8 Å². The molecule has 2 amide bonds. The molecular weight excluding hydrogens is 382 g/mol. The molecule has 2 aliphatic rings. The van der Waals surface area contributed by atoms with Gasteiger partial charge in [-0.3, -0.25) is 19.2 Å². The lowest BCUT2D eigenvalue weighted by Crippen LogP contribution is -2.56. The summed E-state index contributed by atoms with van der Waals surface area (Å²) in [6.07, 6.45) is 4.17. The van der Waals surface area contributed by atoms with Gasteiger partial charge >= 0.3 is 0 Å². The maximum absolute atomic E-state index is 13.2. The van der Waals surface area contributed by atoms with Crippen LogP contribution in [0.2, 0.25) is 0 Å². The number of hydrogen-bond donors (Lipinski definition) is 2. The molecule has 30 heavy (non-hydrogen) atoms. The molecule has 1 aliphatic carbocycles. The van der Waals surface area contributed by atoms with Gasteiger partial charge in [0.15, 0.2) is 5.78 Å². The van der Waals surface area contributed by atoms with Crippen LogP contribution in [0.1, 0.15) is 73.6 Å². The maximum Gasteiger partial charge on any atom is 0.243 e. The van der Waals surface area contributed by atoms with Crippen LogP contribution in [0.4, 0.5) is 0 Å². The molecule has 1 unspecified atom stereocenters. The van der Waals surface area contributed by atoms with Crippen molar-refractivity contribution < 1.29 is 19.2 Å². The Kier molecular flexibility index (Phi) is 7.83. The van der Waals surface area contributed by atoms with Gasteiger partial charge in [-0.2, -0.15) is 0 Å². The van der Waals surface area contributed by atoms with E-state index in [2.05, 4.69) is 19.2 Å². The number of Topliss-reactive ketones (excluding diaryl/α,β-unsaturated/α-hetero) is 2. The van der Waals surface area contributed by atoms with E-state index in [0.717, 1.165) is 19.3 Å². The molecule has 0 aromatic carbocycles. The van der Waals surface area contributed by atoms with Crippen molar-refractivity contribution in [2.45, 2.75) is 91.8 Å². The molecule has 0 aromatic rings. The summed E-state index contributed by atoms with van der Waals surface area (Å²) in [7, 11) is 0. The van der Waals surface area contributed by atoms with E-state index in [1.165, 1.54) is 6.92 Å². The standard InChI is InChI=1S/C23H39N3O4/c1-13(2)16-11-18(26(12-16)22(30)20(24)23(4,5)6)21(29)25-17(19(28)14(3)27)10-15-8-7-9-15/h13,15-18,20H,7-12,24H2,1-6H3,(H,25,29)/t16-,17?,18+,20-/m1/s1. The number of ketones is 2. The van der Waals surface area contributed by atoms with Crippen molar-refractivity contribution >= 4 is 23.4 Å². The van der Waals surface area contributed by atoms with Crippen molar-refractivity contribution in [3.8, 4) is 0 Å². The van der Waals surface area contributed by atoms with E-state index < -0.39 is 35.1 Å². The van der Waals surface area contributed by atoms with Crippen molar-refractivity contribution in [1.29, 1.82) is 0 Å². The Labute approximate surface area is 180 Å². The van der Waals surface area contributed by atoms with Crippen LogP contribution in [-0.2, 0) is 19.2 Å². The third kappa shape index (κ3) is 5.68. The maximum atomic E-state index is 13.2. The van der Waals surface area contributed by atoms with Crippen molar-refractivity contribution in [2.75, 3.05) is 6.54 Å². The zero-order valence-corrected chi connectivity index (χ0v) is 19.4. The Bertz CT molecular complexity index is 678. The summed E-state index contributed by atoms with van der Waals surface area (Å²) in [5, 5.41) is 2.82. The second kappa shape index (κ2) is 9.58.